The van der Waals surface area contributed by atoms with Crippen LogP contribution < -0.4 is 5.32 Å². The lowest BCUT2D eigenvalue weighted by atomic mass is 10.1. The van der Waals surface area contributed by atoms with Crippen molar-refractivity contribution < 1.29 is 9.21 Å². The van der Waals surface area contributed by atoms with Crippen molar-refractivity contribution in [1.82, 2.24) is 15.2 Å². The lowest BCUT2D eigenvalue weighted by molar-refractivity contribution is 0.0949. The number of amides is 1. The second-order valence-corrected chi connectivity index (χ2v) is 7.22. The molecule has 0 radical (unpaired) electrons. The number of pyridine rings is 1. The van der Waals surface area contributed by atoms with E-state index in [1.807, 2.05) is 42.5 Å². The van der Waals surface area contributed by atoms with E-state index in [0.29, 0.717) is 29.6 Å². The highest BCUT2D eigenvalue weighted by Gasteiger charge is 2.19. The van der Waals surface area contributed by atoms with Crippen LogP contribution in [0.2, 0.25) is 0 Å². The van der Waals surface area contributed by atoms with Gasteiger partial charge in [0, 0.05) is 24.5 Å². The molecule has 1 N–H and O–H groups in total. The molecule has 1 aromatic carbocycles. The van der Waals surface area contributed by atoms with Crippen molar-refractivity contribution in [3.05, 3.63) is 54.3 Å². The molecule has 2 heterocycles. The first-order chi connectivity index (χ1) is 13.2. The molecule has 1 aliphatic carbocycles. The van der Waals surface area contributed by atoms with Crippen LogP contribution in [-0.2, 0) is 0 Å². The van der Waals surface area contributed by atoms with Crippen LogP contribution in [0.1, 0.15) is 36.0 Å². The highest BCUT2D eigenvalue weighted by Crippen LogP contribution is 2.25. The Kier molecular flexibility index (Phi) is 5.21. The summed E-state index contributed by atoms with van der Waals surface area (Å²) in [5.41, 5.74) is 2.10. The van der Waals surface area contributed by atoms with Gasteiger partial charge in [0.1, 0.15) is 5.69 Å². The van der Waals surface area contributed by atoms with Gasteiger partial charge < -0.3 is 14.6 Å². The molecular weight excluding hydrogens is 338 g/mol. The zero-order valence-corrected chi connectivity index (χ0v) is 15.6. The summed E-state index contributed by atoms with van der Waals surface area (Å²) >= 11 is 0. The van der Waals surface area contributed by atoms with Crippen LogP contribution in [0.3, 0.4) is 0 Å². The van der Waals surface area contributed by atoms with Gasteiger partial charge in [0.15, 0.2) is 5.76 Å². The molecule has 5 heteroatoms. The first-order valence-corrected chi connectivity index (χ1v) is 9.64. The van der Waals surface area contributed by atoms with Crippen molar-refractivity contribution in [2.24, 2.45) is 0 Å². The van der Waals surface area contributed by atoms with Crippen molar-refractivity contribution in [3.8, 4) is 11.5 Å². The minimum atomic E-state index is -0.0683. The summed E-state index contributed by atoms with van der Waals surface area (Å²) < 4.78 is 5.47. The van der Waals surface area contributed by atoms with Gasteiger partial charge in [-0.2, -0.15) is 0 Å². The maximum Gasteiger partial charge on any atom is 0.252 e. The fourth-order valence-electron chi connectivity index (χ4n) is 3.88. The molecule has 27 heavy (non-hydrogen) atoms. The molecule has 0 spiro atoms. The number of carbonyl (C=O) groups excluding carboxylic acids is 1. The van der Waals surface area contributed by atoms with Crippen molar-refractivity contribution in [1.29, 1.82) is 0 Å². The Morgan fingerprint density at radius 1 is 1.22 bits per heavy atom. The minimum Gasteiger partial charge on any atom is -0.463 e. The Morgan fingerprint density at radius 2 is 2.04 bits per heavy atom. The zero-order valence-electron chi connectivity index (χ0n) is 15.6. The molecule has 0 aliphatic heterocycles. The molecule has 0 bridgehead atoms. The SMILES string of the molecule is CN(CCNC(=O)c1cc(-c2ccco2)nc2ccccc12)C1CCCC1. The third-order valence-electron chi connectivity index (χ3n) is 5.43. The molecule has 140 valence electrons. The average Bonchev–Trinajstić information content (AvgIpc) is 3.40. The molecule has 0 atom stereocenters. The summed E-state index contributed by atoms with van der Waals surface area (Å²) in [7, 11) is 2.15. The van der Waals surface area contributed by atoms with E-state index in [-0.39, 0.29) is 5.91 Å². The highest BCUT2D eigenvalue weighted by molar-refractivity contribution is 6.07. The summed E-state index contributed by atoms with van der Waals surface area (Å²) in [5, 5.41) is 3.93. The van der Waals surface area contributed by atoms with E-state index < -0.39 is 0 Å². The molecule has 0 unspecified atom stereocenters. The monoisotopic (exact) mass is 363 g/mol. The number of hydrogen-bond acceptors (Lipinski definition) is 4. The van der Waals surface area contributed by atoms with Gasteiger partial charge in [-0.15, -0.1) is 0 Å². The molecular formula is C22H25N3O2. The summed E-state index contributed by atoms with van der Waals surface area (Å²) in [6, 6.07) is 13.9. The molecule has 1 saturated carbocycles. The molecule has 3 aromatic rings. The van der Waals surface area contributed by atoms with Crippen LogP contribution in [0.15, 0.2) is 53.1 Å². The summed E-state index contributed by atoms with van der Waals surface area (Å²) in [4.78, 5) is 19.9. The maximum atomic E-state index is 12.9. The molecule has 2 aromatic heterocycles. The molecule has 5 nitrogen and oxygen atoms in total. The molecule has 4 rings (SSSR count). The molecule has 0 saturated heterocycles. The van der Waals surface area contributed by atoms with Gasteiger partial charge in [-0.05, 0) is 44.2 Å². The summed E-state index contributed by atoms with van der Waals surface area (Å²) in [6.45, 7) is 1.50. The van der Waals surface area contributed by atoms with Crippen LogP contribution >= 0.6 is 0 Å². The minimum absolute atomic E-state index is 0.0683. The second-order valence-electron chi connectivity index (χ2n) is 7.22. The third kappa shape index (κ3) is 3.88. The number of hydrogen-bond donors (Lipinski definition) is 1. The van der Waals surface area contributed by atoms with E-state index in [0.717, 1.165) is 17.4 Å². The quantitative estimate of drug-likeness (QED) is 0.716. The van der Waals surface area contributed by atoms with Gasteiger partial charge in [-0.3, -0.25) is 4.79 Å². The van der Waals surface area contributed by atoms with E-state index in [1.165, 1.54) is 25.7 Å². The fraction of sp³-hybridized carbons (Fsp3) is 0.364. The van der Waals surface area contributed by atoms with Crippen LogP contribution in [-0.4, -0.2) is 42.0 Å². The number of fused-ring (bicyclic) bond motifs is 1. The number of rotatable bonds is 6. The fourth-order valence-corrected chi connectivity index (χ4v) is 3.88. The largest absolute Gasteiger partial charge is 0.463 e. The lowest BCUT2D eigenvalue weighted by Crippen LogP contribution is -2.37. The van der Waals surface area contributed by atoms with Crippen LogP contribution in [0, 0.1) is 0 Å². The first-order valence-electron chi connectivity index (χ1n) is 9.64. The maximum absolute atomic E-state index is 12.9. The lowest BCUT2D eigenvalue weighted by Gasteiger charge is -2.24. The van der Waals surface area contributed by atoms with Crippen molar-refractivity contribution in [3.63, 3.8) is 0 Å². The summed E-state index contributed by atoms with van der Waals surface area (Å²) in [5.74, 6) is 0.594. The number of furan rings is 1. The van der Waals surface area contributed by atoms with E-state index in [1.54, 1.807) is 6.26 Å². The van der Waals surface area contributed by atoms with Gasteiger partial charge in [0.25, 0.3) is 5.91 Å². The zero-order chi connectivity index (χ0) is 18.6. The van der Waals surface area contributed by atoms with Crippen LogP contribution in [0.25, 0.3) is 22.4 Å². The number of aromatic nitrogens is 1. The molecule has 1 amide bonds. The predicted molar refractivity (Wildman–Crippen MR) is 107 cm³/mol. The van der Waals surface area contributed by atoms with Crippen LogP contribution in [0.5, 0.6) is 0 Å². The van der Waals surface area contributed by atoms with E-state index in [2.05, 4.69) is 22.2 Å². The number of benzene rings is 1. The van der Waals surface area contributed by atoms with Gasteiger partial charge in [-0.25, -0.2) is 4.98 Å². The Labute approximate surface area is 159 Å². The Hall–Kier alpha value is -2.66. The smallest absolute Gasteiger partial charge is 0.252 e. The standard InChI is InChI=1S/C22H25N3O2/c1-25(16-7-2-3-8-16)13-12-23-22(26)18-15-20(21-11-6-14-27-21)24-19-10-5-4-9-17(18)19/h4-6,9-11,14-16H,2-3,7-8,12-13H2,1H3,(H,23,26). The van der Waals surface area contributed by atoms with Crippen molar-refractivity contribution in [2.45, 2.75) is 31.7 Å². The number of para-hydroxylation sites is 1. The summed E-state index contributed by atoms with van der Waals surface area (Å²) in [6.07, 6.45) is 6.79. The molecule has 1 fully saturated rings. The van der Waals surface area contributed by atoms with Crippen molar-refractivity contribution in [2.75, 3.05) is 20.1 Å². The third-order valence-corrected chi connectivity index (χ3v) is 5.43. The average molecular weight is 363 g/mol. The van der Waals surface area contributed by atoms with Crippen LogP contribution in [0.4, 0.5) is 0 Å². The normalized spacial score (nSPS) is 14.9. The van der Waals surface area contributed by atoms with E-state index in [9.17, 15) is 4.79 Å². The van der Waals surface area contributed by atoms with Gasteiger partial charge >= 0.3 is 0 Å². The number of carbonyl (C=O) groups is 1. The van der Waals surface area contributed by atoms with Gasteiger partial charge in [0.2, 0.25) is 0 Å². The number of nitrogens with zero attached hydrogens (tertiary/aromatic N) is 2. The van der Waals surface area contributed by atoms with Gasteiger partial charge in [0.05, 0.1) is 17.3 Å². The first kappa shape index (κ1) is 17.7. The Morgan fingerprint density at radius 3 is 2.81 bits per heavy atom. The van der Waals surface area contributed by atoms with E-state index in [4.69, 9.17) is 4.42 Å². The number of nitrogens with one attached hydrogen (secondary N) is 1. The topological polar surface area (TPSA) is 58.4 Å². The second kappa shape index (κ2) is 7.92. The number of likely N-dealkylation sites (N-methyl/N-ethyl adjacent to an activating group) is 1. The van der Waals surface area contributed by atoms with E-state index >= 15 is 0 Å². The van der Waals surface area contributed by atoms with Crippen molar-refractivity contribution >= 4 is 16.8 Å². The molecule has 1 aliphatic rings. The highest BCUT2D eigenvalue weighted by atomic mass is 16.3. The van der Waals surface area contributed by atoms with Gasteiger partial charge in [-0.1, -0.05) is 31.0 Å². The Balaban J connectivity index is 1.52. The predicted octanol–water partition coefficient (Wildman–Crippen LogP) is 4.10. The Bertz CT molecular complexity index is 914.